The summed E-state index contributed by atoms with van der Waals surface area (Å²) in [6.45, 7) is 7.89. The molecule has 0 amide bonds. The van der Waals surface area contributed by atoms with E-state index >= 15 is 0 Å². The molecule has 0 atom stereocenters. The van der Waals surface area contributed by atoms with Crippen molar-refractivity contribution in [2.75, 3.05) is 0 Å². The van der Waals surface area contributed by atoms with Crippen molar-refractivity contribution in [1.29, 1.82) is 0 Å². The Morgan fingerprint density at radius 1 is 0.842 bits per heavy atom. The molecule has 0 fully saturated rings. The van der Waals surface area contributed by atoms with E-state index in [9.17, 15) is 5.11 Å². The maximum atomic E-state index is 11.4. The first-order chi connectivity index (χ1) is 9.02. The Labute approximate surface area is 115 Å². The molecule has 0 aliphatic carbocycles. The highest BCUT2D eigenvalue weighted by atomic mass is 16.3. The van der Waals surface area contributed by atoms with Gasteiger partial charge in [0.1, 0.15) is 5.60 Å². The van der Waals surface area contributed by atoms with E-state index < -0.39 is 11.0 Å². The topological polar surface area (TPSA) is 20.2 Å². The highest BCUT2D eigenvalue weighted by Gasteiger charge is 2.44. The minimum Gasteiger partial charge on any atom is -0.379 e. The average molecular weight is 252 g/mol. The van der Waals surface area contributed by atoms with Gasteiger partial charge in [-0.2, -0.15) is 0 Å². The highest BCUT2D eigenvalue weighted by molar-refractivity contribution is 5.39. The van der Waals surface area contributed by atoms with Crippen LogP contribution >= 0.6 is 0 Å². The van der Waals surface area contributed by atoms with Gasteiger partial charge in [-0.25, -0.2) is 0 Å². The molecular formula is C18H20O. The molecule has 1 nitrogen and oxygen atoms in total. The molecule has 0 radical (unpaired) electrons. The number of aliphatic hydroxyl groups is 1. The van der Waals surface area contributed by atoms with Crippen molar-refractivity contribution in [2.45, 2.75) is 19.4 Å². The fraction of sp³-hybridized carbons (Fsp3) is 0.222. The number of benzene rings is 2. The first-order valence-electron chi connectivity index (χ1n) is 6.49. The lowest BCUT2D eigenvalue weighted by molar-refractivity contribution is -0.00893. The lowest BCUT2D eigenvalue weighted by Gasteiger charge is -2.41. The molecule has 0 unspecified atom stereocenters. The smallest absolute Gasteiger partial charge is 0.123 e. The van der Waals surface area contributed by atoms with Gasteiger partial charge in [0.15, 0.2) is 0 Å². The van der Waals surface area contributed by atoms with Gasteiger partial charge in [-0.15, -0.1) is 6.58 Å². The molecule has 0 aromatic heterocycles. The Bertz CT molecular complexity index is 501. The van der Waals surface area contributed by atoms with Gasteiger partial charge in [0.25, 0.3) is 0 Å². The van der Waals surface area contributed by atoms with Crippen LogP contribution in [-0.4, -0.2) is 5.11 Å². The minimum atomic E-state index is -1.09. The first-order valence-corrected chi connectivity index (χ1v) is 6.49. The zero-order valence-corrected chi connectivity index (χ0v) is 11.5. The van der Waals surface area contributed by atoms with Gasteiger partial charge in [0, 0.05) is 5.41 Å². The van der Waals surface area contributed by atoms with E-state index in [-0.39, 0.29) is 0 Å². The summed E-state index contributed by atoms with van der Waals surface area (Å²) >= 11 is 0. The Hall–Kier alpha value is -1.86. The van der Waals surface area contributed by atoms with Crippen LogP contribution in [0.15, 0.2) is 73.3 Å². The minimum absolute atomic E-state index is 0.476. The molecule has 0 bridgehead atoms. The second kappa shape index (κ2) is 5.02. The predicted octanol–water partition coefficient (Wildman–Crippen LogP) is 4.13. The van der Waals surface area contributed by atoms with E-state index in [0.29, 0.717) is 0 Å². The molecule has 2 aromatic rings. The predicted molar refractivity (Wildman–Crippen MR) is 79.9 cm³/mol. The Morgan fingerprint density at radius 2 is 1.21 bits per heavy atom. The summed E-state index contributed by atoms with van der Waals surface area (Å²) in [7, 11) is 0. The van der Waals surface area contributed by atoms with E-state index in [1.165, 1.54) is 0 Å². The normalized spacial score (nSPS) is 12.2. The second-order valence-corrected chi connectivity index (χ2v) is 5.37. The Morgan fingerprint density at radius 3 is 1.53 bits per heavy atom. The summed E-state index contributed by atoms with van der Waals surface area (Å²) in [6, 6.07) is 19.5. The molecular weight excluding hydrogens is 232 g/mol. The van der Waals surface area contributed by atoms with Gasteiger partial charge in [-0.3, -0.25) is 0 Å². The molecule has 0 saturated heterocycles. The molecule has 0 aliphatic heterocycles. The van der Waals surface area contributed by atoms with Crippen LogP contribution in [0.2, 0.25) is 0 Å². The fourth-order valence-electron chi connectivity index (χ4n) is 2.42. The van der Waals surface area contributed by atoms with Gasteiger partial charge in [0.05, 0.1) is 0 Å². The van der Waals surface area contributed by atoms with Crippen molar-refractivity contribution < 1.29 is 5.11 Å². The zero-order chi connectivity index (χ0) is 13.9. The van der Waals surface area contributed by atoms with Gasteiger partial charge < -0.3 is 5.11 Å². The Kier molecular flexibility index (Phi) is 3.59. The Balaban J connectivity index is 2.68. The molecule has 0 aliphatic rings. The lowest BCUT2D eigenvalue weighted by Crippen LogP contribution is -2.41. The molecule has 19 heavy (non-hydrogen) atoms. The molecule has 2 aromatic carbocycles. The van der Waals surface area contributed by atoms with Crippen LogP contribution in [-0.2, 0) is 5.60 Å². The van der Waals surface area contributed by atoms with Crippen molar-refractivity contribution >= 4 is 0 Å². The maximum absolute atomic E-state index is 11.4. The van der Waals surface area contributed by atoms with Crippen molar-refractivity contribution in [3.8, 4) is 0 Å². The van der Waals surface area contributed by atoms with Crippen LogP contribution in [0.1, 0.15) is 25.0 Å². The van der Waals surface area contributed by atoms with Gasteiger partial charge in [-0.05, 0) is 11.1 Å². The lowest BCUT2D eigenvalue weighted by atomic mass is 9.67. The second-order valence-electron chi connectivity index (χ2n) is 5.37. The van der Waals surface area contributed by atoms with Crippen LogP contribution in [0, 0.1) is 5.41 Å². The van der Waals surface area contributed by atoms with E-state index in [2.05, 4.69) is 6.58 Å². The molecule has 1 heteroatoms. The fourth-order valence-corrected chi connectivity index (χ4v) is 2.42. The van der Waals surface area contributed by atoms with Crippen LogP contribution in [0.4, 0.5) is 0 Å². The molecule has 0 heterocycles. The summed E-state index contributed by atoms with van der Waals surface area (Å²) in [6.07, 6.45) is 1.81. The largest absolute Gasteiger partial charge is 0.379 e. The standard InChI is InChI=1S/C18H20O/c1-4-17(2,3)18(19,15-11-7-5-8-12-15)16-13-9-6-10-14-16/h4-14,19H,1H2,2-3H3. The molecule has 1 N–H and O–H groups in total. The van der Waals surface area contributed by atoms with E-state index in [1.807, 2.05) is 80.6 Å². The zero-order valence-electron chi connectivity index (χ0n) is 11.5. The van der Waals surface area contributed by atoms with Gasteiger partial charge >= 0.3 is 0 Å². The molecule has 0 saturated carbocycles. The van der Waals surface area contributed by atoms with E-state index in [0.717, 1.165) is 11.1 Å². The van der Waals surface area contributed by atoms with Crippen LogP contribution in [0.5, 0.6) is 0 Å². The van der Waals surface area contributed by atoms with E-state index in [4.69, 9.17) is 0 Å². The SMILES string of the molecule is C=CC(C)(C)C(O)(c1ccccc1)c1ccccc1. The number of hydrogen-bond acceptors (Lipinski definition) is 1. The van der Waals surface area contributed by atoms with Crippen molar-refractivity contribution in [3.63, 3.8) is 0 Å². The van der Waals surface area contributed by atoms with Gasteiger partial charge in [-0.1, -0.05) is 80.6 Å². The van der Waals surface area contributed by atoms with Crippen molar-refractivity contribution in [2.24, 2.45) is 5.41 Å². The molecule has 0 spiro atoms. The highest BCUT2D eigenvalue weighted by Crippen LogP contribution is 2.45. The van der Waals surface area contributed by atoms with Gasteiger partial charge in [0.2, 0.25) is 0 Å². The summed E-state index contributed by atoms with van der Waals surface area (Å²) in [5, 5.41) is 11.4. The third kappa shape index (κ3) is 2.22. The molecule has 98 valence electrons. The van der Waals surface area contributed by atoms with Crippen molar-refractivity contribution in [1.82, 2.24) is 0 Å². The maximum Gasteiger partial charge on any atom is 0.123 e. The molecule has 2 rings (SSSR count). The van der Waals surface area contributed by atoms with Crippen molar-refractivity contribution in [3.05, 3.63) is 84.4 Å². The van der Waals surface area contributed by atoms with Crippen LogP contribution in [0.3, 0.4) is 0 Å². The summed E-state index contributed by atoms with van der Waals surface area (Å²) in [5.41, 5.74) is 0.199. The average Bonchev–Trinajstić information content (AvgIpc) is 2.48. The third-order valence-electron chi connectivity index (χ3n) is 3.83. The first kappa shape index (κ1) is 13.6. The van der Waals surface area contributed by atoms with Crippen LogP contribution in [0.25, 0.3) is 0 Å². The monoisotopic (exact) mass is 252 g/mol. The number of hydrogen-bond donors (Lipinski definition) is 1. The summed E-state index contributed by atoms with van der Waals surface area (Å²) in [4.78, 5) is 0. The third-order valence-corrected chi connectivity index (χ3v) is 3.83. The van der Waals surface area contributed by atoms with Crippen LogP contribution < -0.4 is 0 Å². The quantitative estimate of drug-likeness (QED) is 0.811. The van der Waals surface area contributed by atoms with E-state index in [1.54, 1.807) is 0 Å². The summed E-state index contributed by atoms with van der Waals surface area (Å²) < 4.78 is 0. The summed E-state index contributed by atoms with van der Waals surface area (Å²) in [5.74, 6) is 0. The number of rotatable bonds is 4.